The van der Waals surface area contributed by atoms with E-state index in [9.17, 15) is 4.79 Å². The summed E-state index contributed by atoms with van der Waals surface area (Å²) in [5, 5.41) is 0. The molecule has 0 heterocycles. The van der Waals surface area contributed by atoms with Crippen LogP contribution in [0, 0.1) is 5.41 Å². The minimum Gasteiger partial charge on any atom is -0.211 e. The second-order valence-corrected chi connectivity index (χ2v) is 4.97. The number of aliphatic imine (C=N–C) groups is 1. The Morgan fingerprint density at radius 3 is 2.75 bits per heavy atom. The predicted octanol–water partition coefficient (Wildman–Crippen LogP) is 3.79. The van der Waals surface area contributed by atoms with E-state index in [1.54, 1.807) is 6.08 Å². The third-order valence-corrected chi connectivity index (χ3v) is 3.84. The molecule has 0 amide bonds. The average molecular weight is 219 g/mol. The lowest BCUT2D eigenvalue weighted by Crippen LogP contribution is -2.21. The minimum atomic E-state index is 0.143. The second-order valence-electron chi connectivity index (χ2n) is 4.97. The van der Waals surface area contributed by atoms with Crippen molar-refractivity contribution < 1.29 is 4.79 Å². The first-order valence-electron chi connectivity index (χ1n) is 5.92. The van der Waals surface area contributed by atoms with Crippen molar-refractivity contribution in [2.45, 2.75) is 53.0 Å². The van der Waals surface area contributed by atoms with Crippen molar-refractivity contribution in [3.8, 4) is 0 Å². The Bertz CT molecular complexity index is 357. The predicted molar refractivity (Wildman–Crippen MR) is 67.1 cm³/mol. The van der Waals surface area contributed by atoms with Gasteiger partial charge in [-0.25, -0.2) is 9.79 Å². The summed E-state index contributed by atoms with van der Waals surface area (Å²) in [5.41, 5.74) is 3.02. The third kappa shape index (κ3) is 2.70. The molecule has 1 unspecified atom stereocenters. The molecule has 88 valence electrons. The molecule has 0 aliphatic heterocycles. The Morgan fingerprint density at radius 2 is 2.31 bits per heavy atom. The lowest BCUT2D eigenvalue weighted by Gasteiger charge is -2.32. The fraction of sp³-hybridized carbons (Fsp3) is 0.643. The van der Waals surface area contributed by atoms with E-state index < -0.39 is 0 Å². The Balaban J connectivity index is 2.81. The lowest BCUT2D eigenvalue weighted by atomic mass is 9.73. The maximum absolute atomic E-state index is 10.2. The fourth-order valence-electron chi connectivity index (χ4n) is 2.19. The number of isocyanates is 1. The van der Waals surface area contributed by atoms with Crippen molar-refractivity contribution in [2.24, 2.45) is 10.4 Å². The summed E-state index contributed by atoms with van der Waals surface area (Å²) in [6.45, 7) is 8.78. The molecule has 0 aromatic rings. The molecule has 0 aromatic heterocycles. The Labute approximate surface area is 98.2 Å². The molecule has 0 bridgehead atoms. The monoisotopic (exact) mass is 219 g/mol. The van der Waals surface area contributed by atoms with E-state index in [2.05, 4.69) is 44.8 Å². The quantitative estimate of drug-likeness (QED) is 0.403. The van der Waals surface area contributed by atoms with E-state index >= 15 is 0 Å². The normalized spacial score (nSPS) is 22.4. The SMILES string of the molecule is C/C=C(\C)C(C)(C)C1=CCC(N=C=O)CC1. The van der Waals surface area contributed by atoms with Crippen molar-refractivity contribution in [3.05, 3.63) is 23.3 Å². The molecule has 0 fully saturated rings. The van der Waals surface area contributed by atoms with Crippen LogP contribution in [0.2, 0.25) is 0 Å². The number of hydrogen-bond acceptors (Lipinski definition) is 2. The molecule has 2 nitrogen and oxygen atoms in total. The van der Waals surface area contributed by atoms with Crippen molar-refractivity contribution >= 4 is 6.08 Å². The van der Waals surface area contributed by atoms with Crippen molar-refractivity contribution in [1.82, 2.24) is 0 Å². The molecule has 1 aliphatic rings. The molecule has 2 heteroatoms. The maximum Gasteiger partial charge on any atom is 0.235 e. The maximum atomic E-state index is 10.2. The van der Waals surface area contributed by atoms with Crippen LogP contribution >= 0.6 is 0 Å². The van der Waals surface area contributed by atoms with Crippen LogP contribution in [-0.4, -0.2) is 12.1 Å². The molecule has 0 saturated heterocycles. The van der Waals surface area contributed by atoms with Crippen LogP contribution < -0.4 is 0 Å². The summed E-state index contributed by atoms with van der Waals surface area (Å²) in [5.74, 6) is 0. The Hall–Kier alpha value is -1.14. The summed E-state index contributed by atoms with van der Waals surface area (Å²) < 4.78 is 0. The Kier molecular flexibility index (Phi) is 4.26. The third-order valence-electron chi connectivity index (χ3n) is 3.84. The van der Waals surface area contributed by atoms with Crippen LogP contribution in [0.25, 0.3) is 0 Å². The lowest BCUT2D eigenvalue weighted by molar-refractivity contribution is 0.465. The molecule has 1 rings (SSSR count). The summed E-state index contributed by atoms with van der Waals surface area (Å²) in [7, 11) is 0. The van der Waals surface area contributed by atoms with E-state index in [-0.39, 0.29) is 11.5 Å². The van der Waals surface area contributed by atoms with Crippen LogP contribution in [0.1, 0.15) is 47.0 Å². The second kappa shape index (κ2) is 5.27. The van der Waals surface area contributed by atoms with Gasteiger partial charge in [-0.3, -0.25) is 0 Å². The van der Waals surface area contributed by atoms with E-state index in [0.29, 0.717) is 0 Å². The van der Waals surface area contributed by atoms with Gasteiger partial charge in [0.2, 0.25) is 6.08 Å². The summed E-state index contributed by atoms with van der Waals surface area (Å²) >= 11 is 0. The van der Waals surface area contributed by atoms with Crippen LogP contribution in [-0.2, 0) is 4.79 Å². The molecule has 0 aromatic carbocycles. The van der Waals surface area contributed by atoms with Crippen LogP contribution in [0.15, 0.2) is 28.3 Å². The van der Waals surface area contributed by atoms with Crippen LogP contribution in [0.5, 0.6) is 0 Å². The highest BCUT2D eigenvalue weighted by atomic mass is 16.1. The van der Waals surface area contributed by atoms with Crippen molar-refractivity contribution in [2.75, 3.05) is 0 Å². The smallest absolute Gasteiger partial charge is 0.211 e. The van der Waals surface area contributed by atoms with Crippen LogP contribution in [0.3, 0.4) is 0 Å². The first kappa shape index (κ1) is 12.9. The highest BCUT2D eigenvalue weighted by Crippen LogP contribution is 2.39. The van der Waals surface area contributed by atoms with Gasteiger partial charge in [0, 0.05) is 5.41 Å². The van der Waals surface area contributed by atoms with Gasteiger partial charge in [-0.1, -0.05) is 37.1 Å². The topological polar surface area (TPSA) is 29.4 Å². The standard InChI is InChI=1S/C14H21NO/c1-5-11(2)14(3,4)12-6-8-13(9-7-12)15-10-16/h5-6,13H,7-9H2,1-4H3/b11-5+. The van der Waals surface area contributed by atoms with Gasteiger partial charge < -0.3 is 0 Å². The molecular formula is C14H21NO. The van der Waals surface area contributed by atoms with Gasteiger partial charge in [0.25, 0.3) is 0 Å². The van der Waals surface area contributed by atoms with E-state index in [4.69, 9.17) is 0 Å². The van der Waals surface area contributed by atoms with Gasteiger partial charge in [0.1, 0.15) is 0 Å². The molecule has 0 saturated carbocycles. The number of nitrogens with zero attached hydrogens (tertiary/aromatic N) is 1. The molecule has 16 heavy (non-hydrogen) atoms. The fourth-order valence-corrected chi connectivity index (χ4v) is 2.19. The van der Waals surface area contributed by atoms with Gasteiger partial charge in [0.05, 0.1) is 6.04 Å². The molecule has 0 spiro atoms. The first-order valence-corrected chi connectivity index (χ1v) is 5.92. The van der Waals surface area contributed by atoms with E-state index in [1.807, 2.05) is 0 Å². The van der Waals surface area contributed by atoms with E-state index in [0.717, 1.165) is 19.3 Å². The largest absolute Gasteiger partial charge is 0.235 e. The average Bonchev–Trinajstić information content (AvgIpc) is 2.29. The summed E-state index contributed by atoms with van der Waals surface area (Å²) in [6.07, 6.45) is 8.98. The van der Waals surface area contributed by atoms with Gasteiger partial charge in [-0.15, -0.1) is 0 Å². The Morgan fingerprint density at radius 1 is 1.62 bits per heavy atom. The molecular weight excluding hydrogens is 198 g/mol. The number of rotatable bonds is 3. The van der Waals surface area contributed by atoms with E-state index in [1.165, 1.54) is 11.1 Å². The zero-order chi connectivity index (χ0) is 12.2. The highest BCUT2D eigenvalue weighted by Gasteiger charge is 2.27. The van der Waals surface area contributed by atoms with Gasteiger partial charge in [-0.2, -0.15) is 0 Å². The van der Waals surface area contributed by atoms with Gasteiger partial charge in [0.15, 0.2) is 0 Å². The summed E-state index contributed by atoms with van der Waals surface area (Å²) in [4.78, 5) is 14.0. The van der Waals surface area contributed by atoms with Gasteiger partial charge >= 0.3 is 0 Å². The highest BCUT2D eigenvalue weighted by molar-refractivity contribution is 5.34. The molecule has 0 N–H and O–H groups in total. The zero-order valence-corrected chi connectivity index (χ0v) is 10.7. The number of carbonyl (C=O) groups excluding carboxylic acids is 1. The van der Waals surface area contributed by atoms with Crippen molar-refractivity contribution in [1.29, 1.82) is 0 Å². The number of hydrogen-bond donors (Lipinski definition) is 0. The van der Waals surface area contributed by atoms with Crippen LogP contribution in [0.4, 0.5) is 0 Å². The molecule has 1 atom stereocenters. The molecule has 0 radical (unpaired) electrons. The minimum absolute atomic E-state index is 0.143. The zero-order valence-electron chi connectivity index (χ0n) is 10.7. The summed E-state index contributed by atoms with van der Waals surface area (Å²) in [6, 6.07) is 0.156. The molecule has 1 aliphatic carbocycles. The van der Waals surface area contributed by atoms with Gasteiger partial charge in [-0.05, 0) is 33.1 Å². The van der Waals surface area contributed by atoms with Crippen molar-refractivity contribution in [3.63, 3.8) is 0 Å². The first-order chi connectivity index (χ1) is 7.52. The number of allylic oxidation sites excluding steroid dienone is 3.